The first-order valence-corrected chi connectivity index (χ1v) is 5.24. The Hall–Kier alpha value is -1.97. The number of phenolic OH excluding ortho intramolecular Hbond substituents is 1. The molecule has 4 nitrogen and oxygen atoms in total. The van der Waals surface area contributed by atoms with Gasteiger partial charge in [-0.15, -0.1) is 0 Å². The van der Waals surface area contributed by atoms with E-state index in [4.69, 9.17) is 9.84 Å². The van der Waals surface area contributed by atoms with E-state index in [0.29, 0.717) is 6.61 Å². The predicted molar refractivity (Wildman–Crippen MR) is 60.4 cm³/mol. The summed E-state index contributed by atoms with van der Waals surface area (Å²) < 4.78 is 7.38. The van der Waals surface area contributed by atoms with Gasteiger partial charge in [-0.3, -0.25) is 4.68 Å². The van der Waals surface area contributed by atoms with Crippen molar-refractivity contribution in [3.8, 4) is 11.5 Å². The second kappa shape index (κ2) is 5.21. The van der Waals surface area contributed by atoms with E-state index in [0.717, 1.165) is 18.7 Å². The Morgan fingerprint density at radius 1 is 1.25 bits per heavy atom. The van der Waals surface area contributed by atoms with Crippen molar-refractivity contribution in [1.29, 1.82) is 0 Å². The lowest BCUT2D eigenvalue weighted by atomic mass is 10.3. The number of aryl methyl sites for hydroxylation is 1. The molecule has 0 atom stereocenters. The minimum atomic E-state index is 0.254. The molecular formula is C12H14N2O2. The lowest BCUT2D eigenvalue weighted by Crippen LogP contribution is -2.04. The molecule has 84 valence electrons. The maximum absolute atomic E-state index is 9.09. The van der Waals surface area contributed by atoms with Crippen molar-refractivity contribution < 1.29 is 9.84 Å². The molecule has 0 fully saturated rings. The Bertz CT molecular complexity index is 409. The summed E-state index contributed by atoms with van der Waals surface area (Å²) in [5, 5.41) is 13.2. The van der Waals surface area contributed by atoms with Crippen molar-refractivity contribution in [3.63, 3.8) is 0 Å². The molecule has 0 unspecified atom stereocenters. The van der Waals surface area contributed by atoms with Gasteiger partial charge in [0.15, 0.2) is 0 Å². The van der Waals surface area contributed by atoms with Crippen LogP contribution in [-0.2, 0) is 6.54 Å². The summed E-state index contributed by atoms with van der Waals surface area (Å²) in [5.74, 6) is 1.03. The highest BCUT2D eigenvalue weighted by atomic mass is 16.5. The Morgan fingerprint density at radius 2 is 2.06 bits per heavy atom. The van der Waals surface area contributed by atoms with E-state index >= 15 is 0 Å². The molecule has 0 aliphatic rings. The van der Waals surface area contributed by atoms with Crippen LogP contribution in [0.5, 0.6) is 11.5 Å². The van der Waals surface area contributed by atoms with Gasteiger partial charge in [-0.25, -0.2) is 0 Å². The zero-order chi connectivity index (χ0) is 11.2. The SMILES string of the molecule is Oc1ccc(OCCCn2cccn2)cc1. The fourth-order valence-corrected chi connectivity index (χ4v) is 1.39. The standard InChI is InChI=1S/C12H14N2O2/c15-11-3-5-12(6-4-11)16-10-2-9-14-8-1-7-13-14/h1,3-8,15H,2,9-10H2. The average Bonchev–Trinajstić information content (AvgIpc) is 2.80. The van der Waals surface area contributed by atoms with Gasteiger partial charge < -0.3 is 9.84 Å². The lowest BCUT2D eigenvalue weighted by Gasteiger charge is -2.06. The van der Waals surface area contributed by atoms with Gasteiger partial charge in [0.25, 0.3) is 0 Å². The number of rotatable bonds is 5. The molecule has 0 bridgehead atoms. The summed E-state index contributed by atoms with van der Waals surface area (Å²) in [6.07, 6.45) is 4.60. The third-order valence-corrected chi connectivity index (χ3v) is 2.20. The van der Waals surface area contributed by atoms with Crippen molar-refractivity contribution in [2.24, 2.45) is 0 Å². The normalized spacial score (nSPS) is 10.2. The summed E-state index contributed by atoms with van der Waals surface area (Å²) >= 11 is 0. The molecule has 1 N–H and O–H groups in total. The second-order valence-electron chi connectivity index (χ2n) is 3.47. The molecule has 0 aliphatic heterocycles. The monoisotopic (exact) mass is 218 g/mol. The summed E-state index contributed by atoms with van der Waals surface area (Å²) in [5.41, 5.74) is 0. The van der Waals surface area contributed by atoms with Gasteiger partial charge in [0.05, 0.1) is 6.61 Å². The van der Waals surface area contributed by atoms with E-state index < -0.39 is 0 Å². The van der Waals surface area contributed by atoms with Crippen LogP contribution in [0.1, 0.15) is 6.42 Å². The molecule has 0 spiro atoms. The molecule has 0 radical (unpaired) electrons. The van der Waals surface area contributed by atoms with E-state index in [-0.39, 0.29) is 5.75 Å². The van der Waals surface area contributed by atoms with Crippen LogP contribution >= 0.6 is 0 Å². The second-order valence-corrected chi connectivity index (χ2v) is 3.47. The first kappa shape index (κ1) is 10.5. The topological polar surface area (TPSA) is 47.3 Å². The molecule has 2 aromatic rings. The number of benzene rings is 1. The van der Waals surface area contributed by atoms with E-state index in [1.165, 1.54) is 0 Å². The van der Waals surface area contributed by atoms with Crippen molar-refractivity contribution in [2.45, 2.75) is 13.0 Å². The minimum Gasteiger partial charge on any atom is -0.508 e. The zero-order valence-corrected chi connectivity index (χ0v) is 8.91. The molecule has 16 heavy (non-hydrogen) atoms. The van der Waals surface area contributed by atoms with Crippen molar-refractivity contribution >= 4 is 0 Å². The number of hydrogen-bond donors (Lipinski definition) is 1. The van der Waals surface area contributed by atoms with Gasteiger partial charge in [0.1, 0.15) is 11.5 Å². The van der Waals surface area contributed by atoms with Crippen LogP contribution in [0.15, 0.2) is 42.7 Å². The summed E-state index contributed by atoms with van der Waals surface area (Å²) in [6.45, 7) is 1.50. The molecule has 2 rings (SSSR count). The first-order valence-electron chi connectivity index (χ1n) is 5.24. The highest BCUT2D eigenvalue weighted by molar-refractivity contribution is 5.29. The van der Waals surface area contributed by atoms with Gasteiger partial charge in [-0.2, -0.15) is 5.10 Å². The van der Waals surface area contributed by atoms with Crippen LogP contribution in [0.25, 0.3) is 0 Å². The molecule has 1 aromatic heterocycles. The van der Waals surface area contributed by atoms with E-state index in [1.54, 1.807) is 30.5 Å². The lowest BCUT2D eigenvalue weighted by molar-refractivity contribution is 0.298. The largest absolute Gasteiger partial charge is 0.508 e. The molecular weight excluding hydrogens is 204 g/mol. The highest BCUT2D eigenvalue weighted by Gasteiger charge is 1.95. The summed E-state index contributed by atoms with van der Waals surface area (Å²) in [4.78, 5) is 0. The molecule has 1 heterocycles. The zero-order valence-electron chi connectivity index (χ0n) is 8.91. The van der Waals surface area contributed by atoms with Crippen LogP contribution in [0, 0.1) is 0 Å². The van der Waals surface area contributed by atoms with E-state index in [2.05, 4.69) is 5.10 Å². The van der Waals surface area contributed by atoms with Crippen LogP contribution in [-0.4, -0.2) is 21.5 Å². The number of phenols is 1. The number of ether oxygens (including phenoxy) is 1. The third kappa shape index (κ3) is 3.02. The van der Waals surface area contributed by atoms with Gasteiger partial charge >= 0.3 is 0 Å². The molecule has 0 saturated carbocycles. The first-order chi connectivity index (χ1) is 7.84. The average molecular weight is 218 g/mol. The van der Waals surface area contributed by atoms with Crippen molar-refractivity contribution in [2.75, 3.05) is 6.61 Å². The summed E-state index contributed by atoms with van der Waals surface area (Å²) in [7, 11) is 0. The summed E-state index contributed by atoms with van der Waals surface area (Å²) in [6, 6.07) is 8.64. The highest BCUT2D eigenvalue weighted by Crippen LogP contribution is 2.15. The van der Waals surface area contributed by atoms with Gasteiger partial charge in [0.2, 0.25) is 0 Å². The van der Waals surface area contributed by atoms with Crippen LogP contribution in [0.2, 0.25) is 0 Å². The number of nitrogens with zero attached hydrogens (tertiary/aromatic N) is 2. The minimum absolute atomic E-state index is 0.254. The van der Waals surface area contributed by atoms with Gasteiger partial charge in [-0.05, 0) is 30.3 Å². The smallest absolute Gasteiger partial charge is 0.119 e. The number of aromatic hydroxyl groups is 1. The Morgan fingerprint density at radius 3 is 2.75 bits per heavy atom. The Balaban J connectivity index is 1.70. The van der Waals surface area contributed by atoms with Crippen LogP contribution < -0.4 is 4.74 Å². The maximum atomic E-state index is 9.09. The van der Waals surface area contributed by atoms with Crippen molar-refractivity contribution in [1.82, 2.24) is 9.78 Å². The maximum Gasteiger partial charge on any atom is 0.119 e. The molecule has 0 amide bonds. The fraction of sp³-hybridized carbons (Fsp3) is 0.250. The predicted octanol–water partition coefficient (Wildman–Crippen LogP) is 2.06. The molecule has 4 heteroatoms. The third-order valence-electron chi connectivity index (χ3n) is 2.20. The van der Waals surface area contributed by atoms with E-state index in [9.17, 15) is 0 Å². The number of hydrogen-bond acceptors (Lipinski definition) is 3. The number of aromatic nitrogens is 2. The van der Waals surface area contributed by atoms with Crippen molar-refractivity contribution in [3.05, 3.63) is 42.7 Å². The van der Waals surface area contributed by atoms with Crippen LogP contribution in [0.3, 0.4) is 0 Å². The van der Waals surface area contributed by atoms with Gasteiger partial charge in [-0.1, -0.05) is 0 Å². The van der Waals surface area contributed by atoms with E-state index in [1.807, 2.05) is 16.9 Å². The molecule has 0 aliphatic carbocycles. The fourth-order valence-electron chi connectivity index (χ4n) is 1.39. The Kier molecular flexibility index (Phi) is 3.43. The quantitative estimate of drug-likeness (QED) is 0.781. The van der Waals surface area contributed by atoms with Gasteiger partial charge in [0, 0.05) is 25.4 Å². The molecule has 0 saturated heterocycles. The van der Waals surface area contributed by atoms with Crippen LogP contribution in [0.4, 0.5) is 0 Å². The molecule has 1 aromatic carbocycles. The Labute approximate surface area is 94.1 Å².